The first-order chi connectivity index (χ1) is 12.5. The molecule has 1 N–H and O–H groups in total. The van der Waals surface area contributed by atoms with Gasteiger partial charge in [0, 0.05) is 6.54 Å². The number of sulfonamides is 1. The van der Waals surface area contributed by atoms with Gasteiger partial charge in [-0.25, -0.2) is 13.1 Å². The number of nitrogens with zero attached hydrogens (tertiary/aromatic N) is 2. The molecule has 0 radical (unpaired) electrons. The molecule has 3 rings (SSSR count). The summed E-state index contributed by atoms with van der Waals surface area (Å²) in [5.41, 5.74) is 1.72. The van der Waals surface area contributed by atoms with Gasteiger partial charge in [-0.1, -0.05) is 12.1 Å². The minimum absolute atomic E-state index is 0.125. The van der Waals surface area contributed by atoms with Crippen molar-refractivity contribution in [1.29, 1.82) is 0 Å². The van der Waals surface area contributed by atoms with Crippen LogP contribution < -0.4 is 14.2 Å². The molecule has 7 nitrogen and oxygen atoms in total. The number of fused-ring (bicyclic) bond motifs is 1. The van der Waals surface area contributed by atoms with E-state index in [0.29, 0.717) is 35.7 Å². The standard InChI is InChI=1S/C17H19N3O4S2/c1-3-23-14-9-8-12(10-15(14)24-4-2)11-18-26(21,22)16-7-5-6-13-17(16)20-25-19-13/h5-10,18H,3-4,11H2,1-2H3. The van der Waals surface area contributed by atoms with Crippen LogP contribution >= 0.6 is 11.7 Å². The second-order valence-electron chi connectivity index (χ2n) is 5.36. The minimum Gasteiger partial charge on any atom is -0.490 e. The maximum atomic E-state index is 12.7. The zero-order valence-corrected chi connectivity index (χ0v) is 16.1. The lowest BCUT2D eigenvalue weighted by Gasteiger charge is -2.13. The van der Waals surface area contributed by atoms with Crippen LogP contribution in [0.15, 0.2) is 41.3 Å². The fraction of sp³-hybridized carbons (Fsp3) is 0.294. The zero-order chi connectivity index (χ0) is 18.6. The molecule has 26 heavy (non-hydrogen) atoms. The van der Waals surface area contributed by atoms with Crippen LogP contribution in [0, 0.1) is 0 Å². The lowest BCUT2D eigenvalue weighted by Crippen LogP contribution is -2.23. The van der Waals surface area contributed by atoms with Gasteiger partial charge < -0.3 is 9.47 Å². The van der Waals surface area contributed by atoms with E-state index in [1.165, 1.54) is 6.07 Å². The van der Waals surface area contributed by atoms with Crippen molar-refractivity contribution >= 4 is 32.8 Å². The summed E-state index contributed by atoms with van der Waals surface area (Å²) in [6.45, 7) is 4.92. The molecule has 1 heterocycles. The van der Waals surface area contributed by atoms with E-state index >= 15 is 0 Å². The molecule has 0 aliphatic carbocycles. The van der Waals surface area contributed by atoms with Crippen molar-refractivity contribution in [2.24, 2.45) is 0 Å². The summed E-state index contributed by atoms with van der Waals surface area (Å²) in [5, 5.41) is 0. The highest BCUT2D eigenvalue weighted by atomic mass is 32.2. The first-order valence-corrected chi connectivity index (χ1v) is 10.4. The lowest BCUT2D eigenvalue weighted by molar-refractivity contribution is 0.287. The average molecular weight is 393 g/mol. The summed E-state index contributed by atoms with van der Waals surface area (Å²) in [4.78, 5) is 0.125. The normalized spacial score (nSPS) is 11.6. The van der Waals surface area contributed by atoms with E-state index in [1.807, 2.05) is 13.8 Å². The first kappa shape index (κ1) is 18.6. The van der Waals surface area contributed by atoms with Gasteiger partial charge in [0.1, 0.15) is 15.9 Å². The van der Waals surface area contributed by atoms with Gasteiger partial charge in [-0.05, 0) is 43.7 Å². The quantitative estimate of drug-likeness (QED) is 0.633. The van der Waals surface area contributed by atoms with Gasteiger partial charge in [-0.15, -0.1) is 0 Å². The Morgan fingerprint density at radius 3 is 2.58 bits per heavy atom. The van der Waals surface area contributed by atoms with Gasteiger partial charge in [0.15, 0.2) is 11.5 Å². The fourth-order valence-corrected chi connectivity index (χ4v) is 4.24. The van der Waals surface area contributed by atoms with E-state index < -0.39 is 10.0 Å². The van der Waals surface area contributed by atoms with E-state index in [0.717, 1.165) is 17.3 Å². The van der Waals surface area contributed by atoms with Gasteiger partial charge in [-0.3, -0.25) is 0 Å². The highest BCUT2D eigenvalue weighted by Crippen LogP contribution is 2.29. The Morgan fingerprint density at radius 1 is 1.04 bits per heavy atom. The Kier molecular flexibility index (Phi) is 5.70. The number of benzene rings is 2. The van der Waals surface area contributed by atoms with Crippen LogP contribution in [0.5, 0.6) is 11.5 Å². The molecule has 0 atom stereocenters. The third kappa shape index (κ3) is 3.95. The van der Waals surface area contributed by atoms with E-state index in [4.69, 9.17) is 9.47 Å². The van der Waals surface area contributed by atoms with Crippen molar-refractivity contribution in [3.8, 4) is 11.5 Å². The highest BCUT2D eigenvalue weighted by Gasteiger charge is 2.19. The number of aromatic nitrogens is 2. The topological polar surface area (TPSA) is 90.4 Å². The maximum absolute atomic E-state index is 12.7. The van der Waals surface area contributed by atoms with E-state index in [9.17, 15) is 8.42 Å². The molecule has 138 valence electrons. The Morgan fingerprint density at radius 2 is 1.81 bits per heavy atom. The molecule has 0 spiro atoms. The molecule has 0 amide bonds. The van der Waals surface area contributed by atoms with Crippen molar-refractivity contribution in [3.05, 3.63) is 42.0 Å². The smallest absolute Gasteiger partial charge is 0.243 e. The van der Waals surface area contributed by atoms with Crippen molar-refractivity contribution in [1.82, 2.24) is 13.5 Å². The highest BCUT2D eigenvalue weighted by molar-refractivity contribution is 7.89. The van der Waals surface area contributed by atoms with Crippen molar-refractivity contribution in [2.45, 2.75) is 25.3 Å². The summed E-state index contributed by atoms with van der Waals surface area (Å²) < 4.78 is 47.2. The third-order valence-electron chi connectivity index (χ3n) is 3.61. The summed E-state index contributed by atoms with van der Waals surface area (Å²) >= 11 is 0.989. The van der Waals surface area contributed by atoms with Gasteiger partial charge in [0.2, 0.25) is 10.0 Å². The molecule has 0 bridgehead atoms. The largest absolute Gasteiger partial charge is 0.490 e. The molecular weight excluding hydrogens is 374 g/mol. The monoisotopic (exact) mass is 393 g/mol. The molecule has 0 unspecified atom stereocenters. The Balaban J connectivity index is 1.81. The Bertz CT molecular complexity index is 1000. The number of ether oxygens (including phenoxy) is 2. The molecule has 0 saturated carbocycles. The Hall–Kier alpha value is -2.23. The molecule has 9 heteroatoms. The average Bonchev–Trinajstić information content (AvgIpc) is 3.11. The number of hydrogen-bond donors (Lipinski definition) is 1. The zero-order valence-electron chi connectivity index (χ0n) is 14.4. The number of hydrogen-bond acceptors (Lipinski definition) is 7. The van der Waals surface area contributed by atoms with Crippen LogP contribution in [-0.4, -0.2) is 30.4 Å². The first-order valence-electron chi connectivity index (χ1n) is 8.14. The molecule has 0 aliphatic rings. The van der Waals surface area contributed by atoms with Crippen LogP contribution in [0.25, 0.3) is 11.0 Å². The van der Waals surface area contributed by atoms with Crippen LogP contribution in [0.2, 0.25) is 0 Å². The van der Waals surface area contributed by atoms with Gasteiger partial charge >= 0.3 is 0 Å². The van der Waals surface area contributed by atoms with Crippen molar-refractivity contribution in [3.63, 3.8) is 0 Å². The molecule has 3 aromatic rings. The van der Waals surface area contributed by atoms with Gasteiger partial charge in [-0.2, -0.15) is 8.75 Å². The predicted octanol–water partition coefficient (Wildman–Crippen LogP) is 2.97. The summed E-state index contributed by atoms with van der Waals surface area (Å²) in [6.07, 6.45) is 0. The summed E-state index contributed by atoms with van der Waals surface area (Å²) in [6, 6.07) is 10.3. The van der Waals surface area contributed by atoms with Crippen LogP contribution in [0.1, 0.15) is 19.4 Å². The second kappa shape index (κ2) is 7.98. The summed E-state index contributed by atoms with van der Waals surface area (Å²) in [7, 11) is -3.72. The number of rotatable bonds is 8. The van der Waals surface area contributed by atoms with Gasteiger partial charge in [0.05, 0.1) is 24.9 Å². The third-order valence-corrected chi connectivity index (χ3v) is 5.59. The maximum Gasteiger partial charge on any atom is 0.243 e. The molecule has 0 saturated heterocycles. The van der Waals surface area contributed by atoms with Crippen LogP contribution in [0.3, 0.4) is 0 Å². The fourth-order valence-electron chi connectivity index (χ4n) is 2.46. The van der Waals surface area contributed by atoms with E-state index in [1.54, 1.807) is 30.3 Å². The second-order valence-corrected chi connectivity index (χ2v) is 7.62. The predicted molar refractivity (Wildman–Crippen MR) is 100 cm³/mol. The number of nitrogens with one attached hydrogen (secondary N) is 1. The summed E-state index contributed by atoms with van der Waals surface area (Å²) in [5.74, 6) is 1.23. The van der Waals surface area contributed by atoms with Crippen LogP contribution in [-0.2, 0) is 16.6 Å². The SMILES string of the molecule is CCOc1ccc(CNS(=O)(=O)c2cccc3nsnc23)cc1OCC. The molecule has 1 aromatic heterocycles. The lowest BCUT2D eigenvalue weighted by atomic mass is 10.2. The molecule has 0 aliphatic heterocycles. The minimum atomic E-state index is -3.72. The molecule has 2 aromatic carbocycles. The van der Waals surface area contributed by atoms with Gasteiger partial charge in [0.25, 0.3) is 0 Å². The molecular formula is C17H19N3O4S2. The van der Waals surface area contributed by atoms with E-state index in [2.05, 4.69) is 13.5 Å². The van der Waals surface area contributed by atoms with Crippen LogP contribution in [0.4, 0.5) is 0 Å². The van der Waals surface area contributed by atoms with Crippen molar-refractivity contribution < 1.29 is 17.9 Å². The molecule has 0 fully saturated rings. The van der Waals surface area contributed by atoms with E-state index in [-0.39, 0.29) is 11.4 Å². The Labute approximate surface area is 156 Å². The van der Waals surface area contributed by atoms with Crippen molar-refractivity contribution in [2.75, 3.05) is 13.2 Å².